The third-order valence-corrected chi connectivity index (χ3v) is 6.92. The highest BCUT2D eigenvalue weighted by molar-refractivity contribution is 5.86. The Morgan fingerprint density at radius 1 is 1.23 bits per heavy atom. The molecule has 9 heteroatoms. The lowest BCUT2D eigenvalue weighted by molar-refractivity contribution is -0.139. The van der Waals surface area contributed by atoms with Crippen LogP contribution in [0, 0.1) is 28.9 Å². The van der Waals surface area contributed by atoms with Gasteiger partial charge in [-0.05, 0) is 42.9 Å². The highest BCUT2D eigenvalue weighted by Gasteiger charge is 2.55. The number of amides is 2. The minimum absolute atomic E-state index is 0.0670. The normalized spacial score (nSPS) is 33.0. The van der Waals surface area contributed by atoms with Crippen molar-refractivity contribution in [2.75, 3.05) is 13.1 Å². The first kappa shape index (κ1) is 19.4. The summed E-state index contributed by atoms with van der Waals surface area (Å²) in [4.78, 5) is 30.9. The molecule has 2 amide bonds. The van der Waals surface area contributed by atoms with E-state index in [4.69, 9.17) is 5.73 Å². The van der Waals surface area contributed by atoms with Crippen LogP contribution in [0.15, 0.2) is 18.2 Å². The van der Waals surface area contributed by atoms with Crippen molar-refractivity contribution >= 4 is 11.8 Å². The van der Waals surface area contributed by atoms with Gasteiger partial charge in [-0.25, -0.2) is 8.78 Å². The Labute approximate surface area is 173 Å². The fourth-order valence-corrected chi connectivity index (χ4v) is 5.45. The number of benzene rings is 1. The summed E-state index contributed by atoms with van der Waals surface area (Å²) in [5.74, 6) is -1.22. The van der Waals surface area contributed by atoms with E-state index in [2.05, 4.69) is 6.07 Å². The molecule has 0 radical (unpaired) electrons. The number of nitriles is 1. The van der Waals surface area contributed by atoms with Crippen molar-refractivity contribution in [3.8, 4) is 6.07 Å². The average molecular weight is 415 g/mol. The second-order valence-electron chi connectivity index (χ2n) is 8.90. The number of carbonyl (C=O) groups is 2. The van der Waals surface area contributed by atoms with E-state index in [0.717, 1.165) is 18.9 Å². The number of likely N-dealkylation sites (tertiary alicyclic amines) is 3. The van der Waals surface area contributed by atoms with Crippen LogP contribution >= 0.6 is 0 Å². The van der Waals surface area contributed by atoms with E-state index < -0.39 is 23.7 Å². The first-order valence-electron chi connectivity index (χ1n) is 10.3. The van der Waals surface area contributed by atoms with Gasteiger partial charge in [0.05, 0.1) is 18.2 Å². The lowest BCUT2D eigenvalue weighted by Crippen LogP contribution is -2.56. The molecule has 7 nitrogen and oxygen atoms in total. The molecule has 1 aliphatic carbocycles. The summed E-state index contributed by atoms with van der Waals surface area (Å²) in [5, 5.41) is 9.30. The minimum Gasteiger partial charge on any atom is -0.333 e. The zero-order valence-electron chi connectivity index (χ0n) is 16.4. The molecule has 1 aromatic carbocycles. The Morgan fingerprint density at radius 2 is 1.97 bits per heavy atom. The number of nitrogens with zero attached hydrogens (tertiary/aromatic N) is 4. The molecular formula is C21H23F2N5O2. The van der Waals surface area contributed by atoms with Gasteiger partial charge in [-0.15, -0.1) is 0 Å². The zero-order chi connectivity index (χ0) is 21.2. The van der Waals surface area contributed by atoms with Crippen LogP contribution in [-0.4, -0.2) is 69.8 Å². The second-order valence-corrected chi connectivity index (χ2v) is 8.90. The Bertz CT molecular complexity index is 930. The first-order chi connectivity index (χ1) is 14.4. The van der Waals surface area contributed by atoms with Crippen LogP contribution in [0.2, 0.25) is 0 Å². The topological polar surface area (TPSA) is 93.7 Å². The standard InChI is InChI=1S/C21H23F2N5O2/c22-13-1-11(2-14(23)5-13)8-27-16-6-19(21(27)30)26(9-16)10-17(25)20(29)28-15(7-24)3-12-4-18(12)28/h1-2,5,12,15-19H,3-4,6,8-10,25H2/t12-,15+,16?,17?,18+,19?/m1/s1. The predicted molar refractivity (Wildman–Crippen MR) is 101 cm³/mol. The van der Waals surface area contributed by atoms with Gasteiger partial charge in [-0.2, -0.15) is 5.26 Å². The van der Waals surface area contributed by atoms with E-state index in [-0.39, 0.29) is 43.0 Å². The Hall–Kier alpha value is -2.57. The smallest absolute Gasteiger partial charge is 0.242 e. The summed E-state index contributed by atoms with van der Waals surface area (Å²) in [6.07, 6.45) is 2.29. The molecular weight excluding hydrogens is 392 g/mol. The molecule has 2 bridgehead atoms. The van der Waals surface area contributed by atoms with Gasteiger partial charge in [-0.1, -0.05) is 0 Å². The number of carbonyl (C=O) groups excluding carboxylic acids is 2. The largest absolute Gasteiger partial charge is 0.333 e. The number of piperidine rings is 1. The van der Waals surface area contributed by atoms with Gasteiger partial charge in [-0.3, -0.25) is 14.5 Å². The second kappa shape index (κ2) is 7.00. The average Bonchev–Trinajstić information content (AvgIpc) is 3.04. The molecule has 0 spiro atoms. The molecule has 4 fully saturated rings. The summed E-state index contributed by atoms with van der Waals surface area (Å²) >= 11 is 0. The molecule has 2 N–H and O–H groups in total. The molecule has 1 aromatic rings. The van der Waals surface area contributed by atoms with Gasteiger partial charge < -0.3 is 15.5 Å². The molecule has 4 aliphatic rings. The van der Waals surface area contributed by atoms with Gasteiger partial charge in [0, 0.05) is 37.8 Å². The first-order valence-corrected chi connectivity index (χ1v) is 10.3. The third kappa shape index (κ3) is 3.15. The van der Waals surface area contributed by atoms with Gasteiger partial charge >= 0.3 is 0 Å². The van der Waals surface area contributed by atoms with Crippen molar-refractivity contribution in [2.24, 2.45) is 11.7 Å². The summed E-state index contributed by atoms with van der Waals surface area (Å²) in [6, 6.07) is 4.01. The Kier molecular flexibility index (Phi) is 4.52. The van der Waals surface area contributed by atoms with E-state index in [0.29, 0.717) is 24.4 Å². The maximum Gasteiger partial charge on any atom is 0.242 e. The molecule has 3 saturated heterocycles. The van der Waals surface area contributed by atoms with Gasteiger partial charge in [0.25, 0.3) is 0 Å². The van der Waals surface area contributed by atoms with Crippen molar-refractivity contribution in [2.45, 2.75) is 56.0 Å². The highest BCUT2D eigenvalue weighted by atomic mass is 19.1. The van der Waals surface area contributed by atoms with Crippen LogP contribution in [0.4, 0.5) is 8.78 Å². The minimum atomic E-state index is -0.780. The van der Waals surface area contributed by atoms with E-state index in [1.165, 1.54) is 12.1 Å². The quantitative estimate of drug-likeness (QED) is 0.760. The number of rotatable bonds is 5. The SMILES string of the molecule is N#C[C@@H]1C[C@@H]2C[C@@H]2N1C(=O)C(N)CN1CC2CC1C(=O)N2Cc1cc(F)cc(F)c1. The van der Waals surface area contributed by atoms with Crippen molar-refractivity contribution in [3.63, 3.8) is 0 Å². The number of piperazine rings is 1. The van der Waals surface area contributed by atoms with Crippen LogP contribution in [0.1, 0.15) is 24.8 Å². The molecule has 3 unspecified atom stereocenters. The zero-order valence-corrected chi connectivity index (χ0v) is 16.4. The van der Waals surface area contributed by atoms with E-state index in [9.17, 15) is 23.6 Å². The molecule has 3 aliphatic heterocycles. The Morgan fingerprint density at radius 3 is 2.63 bits per heavy atom. The molecule has 5 rings (SSSR count). The fourth-order valence-electron chi connectivity index (χ4n) is 5.45. The Balaban J connectivity index is 1.21. The maximum absolute atomic E-state index is 13.5. The highest BCUT2D eigenvalue weighted by Crippen LogP contribution is 2.47. The van der Waals surface area contributed by atoms with Crippen LogP contribution in [0.3, 0.4) is 0 Å². The van der Waals surface area contributed by atoms with Crippen molar-refractivity contribution in [1.82, 2.24) is 14.7 Å². The summed E-state index contributed by atoms with van der Waals surface area (Å²) in [6.45, 7) is 0.997. The lowest BCUT2D eigenvalue weighted by Gasteiger charge is -2.35. The van der Waals surface area contributed by atoms with Crippen LogP contribution in [0.25, 0.3) is 0 Å². The van der Waals surface area contributed by atoms with Crippen molar-refractivity contribution in [3.05, 3.63) is 35.4 Å². The summed E-state index contributed by atoms with van der Waals surface area (Å²) in [7, 11) is 0. The summed E-state index contributed by atoms with van der Waals surface area (Å²) < 4.78 is 26.9. The molecule has 0 aromatic heterocycles. The van der Waals surface area contributed by atoms with Crippen LogP contribution < -0.4 is 5.73 Å². The van der Waals surface area contributed by atoms with Gasteiger partial charge in [0.15, 0.2) is 0 Å². The van der Waals surface area contributed by atoms with Crippen molar-refractivity contribution < 1.29 is 18.4 Å². The van der Waals surface area contributed by atoms with Crippen LogP contribution in [0.5, 0.6) is 0 Å². The van der Waals surface area contributed by atoms with Crippen LogP contribution in [-0.2, 0) is 16.1 Å². The summed E-state index contributed by atoms with van der Waals surface area (Å²) in [5.41, 5.74) is 6.61. The number of hydrogen-bond donors (Lipinski definition) is 1. The number of hydrogen-bond acceptors (Lipinski definition) is 5. The molecule has 158 valence electrons. The van der Waals surface area contributed by atoms with E-state index >= 15 is 0 Å². The van der Waals surface area contributed by atoms with E-state index in [1.54, 1.807) is 9.80 Å². The maximum atomic E-state index is 13.5. The third-order valence-electron chi connectivity index (χ3n) is 6.92. The molecule has 1 saturated carbocycles. The lowest BCUT2D eigenvalue weighted by atomic mass is 10.1. The van der Waals surface area contributed by atoms with Crippen molar-refractivity contribution in [1.29, 1.82) is 5.26 Å². The number of nitrogens with two attached hydrogens (primary N) is 1. The molecule has 6 atom stereocenters. The molecule has 30 heavy (non-hydrogen) atoms. The van der Waals surface area contributed by atoms with Gasteiger partial charge in [0.1, 0.15) is 17.7 Å². The predicted octanol–water partition coefficient (Wildman–Crippen LogP) is 0.590. The molecule has 3 heterocycles. The number of fused-ring (bicyclic) bond motifs is 3. The fraction of sp³-hybridized carbons (Fsp3) is 0.571. The van der Waals surface area contributed by atoms with Gasteiger partial charge in [0.2, 0.25) is 11.8 Å². The van der Waals surface area contributed by atoms with E-state index in [1.807, 2.05) is 4.90 Å². The monoisotopic (exact) mass is 415 g/mol. The number of halogens is 2.